The van der Waals surface area contributed by atoms with Crippen LogP contribution in [0.4, 0.5) is 5.69 Å². The van der Waals surface area contributed by atoms with Gasteiger partial charge in [0.1, 0.15) is 0 Å². The molecule has 0 aliphatic carbocycles. The van der Waals surface area contributed by atoms with Crippen molar-refractivity contribution < 1.29 is 4.92 Å². The summed E-state index contributed by atoms with van der Waals surface area (Å²) in [7, 11) is 0. The normalized spacial score (nSPS) is 11.2. The maximum atomic E-state index is 13.1. The number of aryl methyl sites for hydroxylation is 1. The Kier molecular flexibility index (Phi) is 4.70. The second-order valence-corrected chi connectivity index (χ2v) is 6.44. The third-order valence-corrected chi connectivity index (χ3v) is 4.59. The molecule has 0 radical (unpaired) electrons. The smallest absolute Gasteiger partial charge is 0.267 e. The first kappa shape index (κ1) is 18.2. The van der Waals surface area contributed by atoms with Crippen LogP contribution in [0.2, 0.25) is 0 Å². The summed E-state index contributed by atoms with van der Waals surface area (Å²) in [4.78, 5) is 28.6. The molecule has 3 aromatic carbocycles. The number of nitro benzene ring substituents is 1. The third-order valence-electron chi connectivity index (χ3n) is 4.59. The van der Waals surface area contributed by atoms with Crippen LogP contribution in [-0.2, 0) is 0 Å². The van der Waals surface area contributed by atoms with E-state index >= 15 is 0 Å². The van der Waals surface area contributed by atoms with Crippen molar-refractivity contribution >= 4 is 22.8 Å². The third kappa shape index (κ3) is 3.41. The Balaban J connectivity index is 1.97. The molecular formula is C22H16N4O3. The Labute approximate surface area is 165 Å². The molecule has 0 fully saturated rings. The molecule has 0 unspecified atom stereocenters. The van der Waals surface area contributed by atoms with E-state index in [0.29, 0.717) is 22.3 Å². The molecule has 0 aliphatic heterocycles. The molecule has 1 heterocycles. The standard InChI is InChI=1S/C22H16N4O3/c1-15-8-2-4-10-17(15)21-24-19-12-6-5-11-18(19)22(27)25(21)23-14-16-9-3-7-13-20(16)26(28)29/h2-14H,1H3/b23-14-. The van der Waals surface area contributed by atoms with Crippen molar-refractivity contribution in [2.75, 3.05) is 0 Å². The number of aromatic nitrogens is 2. The van der Waals surface area contributed by atoms with Crippen LogP contribution in [0.15, 0.2) is 82.7 Å². The number of fused-ring (bicyclic) bond motifs is 1. The fourth-order valence-electron chi connectivity index (χ4n) is 3.11. The van der Waals surface area contributed by atoms with Crippen molar-refractivity contribution in [3.63, 3.8) is 0 Å². The number of hydrogen-bond acceptors (Lipinski definition) is 5. The Hall–Kier alpha value is -4.13. The van der Waals surface area contributed by atoms with Gasteiger partial charge in [-0.3, -0.25) is 14.9 Å². The van der Waals surface area contributed by atoms with Gasteiger partial charge in [0, 0.05) is 11.6 Å². The summed E-state index contributed by atoms with van der Waals surface area (Å²) < 4.78 is 1.20. The largest absolute Gasteiger partial charge is 0.282 e. The van der Waals surface area contributed by atoms with Gasteiger partial charge in [0.2, 0.25) is 0 Å². The summed E-state index contributed by atoms with van der Waals surface area (Å²) in [6.45, 7) is 1.92. The van der Waals surface area contributed by atoms with E-state index in [1.54, 1.807) is 36.4 Å². The van der Waals surface area contributed by atoms with Crippen molar-refractivity contribution in [3.05, 3.63) is 104 Å². The SMILES string of the molecule is Cc1ccccc1-c1nc2ccccc2c(=O)n1/N=C\c1ccccc1[N+](=O)[O-]. The summed E-state index contributed by atoms with van der Waals surface area (Å²) in [6, 6.07) is 20.8. The van der Waals surface area contributed by atoms with Crippen LogP contribution in [0.5, 0.6) is 0 Å². The predicted octanol–water partition coefficient (Wildman–Crippen LogP) is 4.16. The summed E-state index contributed by atoms with van der Waals surface area (Å²) >= 11 is 0. The molecule has 0 N–H and O–H groups in total. The monoisotopic (exact) mass is 384 g/mol. The van der Waals surface area contributed by atoms with Crippen LogP contribution in [0.3, 0.4) is 0 Å². The molecule has 7 heteroatoms. The average molecular weight is 384 g/mol. The number of para-hydroxylation sites is 2. The van der Waals surface area contributed by atoms with Crippen LogP contribution >= 0.6 is 0 Å². The van der Waals surface area contributed by atoms with E-state index in [0.717, 1.165) is 11.1 Å². The van der Waals surface area contributed by atoms with Crippen LogP contribution in [0.1, 0.15) is 11.1 Å². The topological polar surface area (TPSA) is 90.4 Å². The Morgan fingerprint density at radius 2 is 1.69 bits per heavy atom. The van der Waals surface area contributed by atoms with Gasteiger partial charge in [-0.1, -0.05) is 48.5 Å². The molecular weight excluding hydrogens is 368 g/mol. The number of nitro groups is 1. The molecule has 0 amide bonds. The molecule has 0 saturated heterocycles. The zero-order chi connectivity index (χ0) is 20.4. The van der Waals surface area contributed by atoms with Crippen LogP contribution in [-0.4, -0.2) is 20.8 Å². The maximum absolute atomic E-state index is 13.1. The van der Waals surface area contributed by atoms with Crippen LogP contribution in [0, 0.1) is 17.0 Å². The second kappa shape index (κ2) is 7.47. The first-order valence-electron chi connectivity index (χ1n) is 8.92. The first-order valence-corrected chi connectivity index (χ1v) is 8.92. The van der Waals surface area contributed by atoms with Gasteiger partial charge in [-0.15, -0.1) is 0 Å². The van der Waals surface area contributed by atoms with Crippen molar-refractivity contribution in [1.82, 2.24) is 9.66 Å². The summed E-state index contributed by atoms with van der Waals surface area (Å²) in [6.07, 6.45) is 1.32. The van der Waals surface area contributed by atoms with Crippen molar-refractivity contribution in [2.45, 2.75) is 6.92 Å². The van der Waals surface area contributed by atoms with Gasteiger partial charge in [0.25, 0.3) is 11.2 Å². The van der Waals surface area contributed by atoms with E-state index in [2.05, 4.69) is 10.1 Å². The maximum Gasteiger partial charge on any atom is 0.282 e. The predicted molar refractivity (Wildman–Crippen MR) is 112 cm³/mol. The second-order valence-electron chi connectivity index (χ2n) is 6.44. The van der Waals surface area contributed by atoms with Gasteiger partial charge in [-0.2, -0.15) is 9.78 Å². The summed E-state index contributed by atoms with van der Waals surface area (Å²) in [5.41, 5.74) is 2.12. The van der Waals surface area contributed by atoms with Gasteiger partial charge < -0.3 is 0 Å². The number of nitrogens with zero attached hydrogens (tertiary/aromatic N) is 4. The van der Waals surface area contributed by atoms with E-state index in [1.807, 2.05) is 37.3 Å². The quantitative estimate of drug-likeness (QED) is 0.300. The zero-order valence-corrected chi connectivity index (χ0v) is 15.5. The number of benzene rings is 3. The van der Waals surface area contributed by atoms with Gasteiger partial charge in [-0.05, 0) is 30.7 Å². The van der Waals surface area contributed by atoms with E-state index in [9.17, 15) is 14.9 Å². The van der Waals surface area contributed by atoms with Gasteiger partial charge in [-0.25, -0.2) is 4.98 Å². The van der Waals surface area contributed by atoms with E-state index in [-0.39, 0.29) is 11.2 Å². The lowest BCUT2D eigenvalue weighted by molar-refractivity contribution is -0.385. The molecule has 0 spiro atoms. The zero-order valence-electron chi connectivity index (χ0n) is 15.5. The van der Waals surface area contributed by atoms with Crippen molar-refractivity contribution in [2.24, 2.45) is 5.10 Å². The fraction of sp³-hybridized carbons (Fsp3) is 0.0455. The highest BCUT2D eigenvalue weighted by atomic mass is 16.6. The first-order chi connectivity index (χ1) is 14.1. The number of rotatable bonds is 4. The lowest BCUT2D eigenvalue weighted by Crippen LogP contribution is -2.20. The van der Waals surface area contributed by atoms with Crippen LogP contribution in [0.25, 0.3) is 22.3 Å². The van der Waals surface area contributed by atoms with Gasteiger partial charge in [0.05, 0.1) is 27.6 Å². The molecule has 0 bridgehead atoms. The molecule has 142 valence electrons. The molecule has 4 rings (SSSR count). The minimum absolute atomic E-state index is 0.0875. The molecule has 29 heavy (non-hydrogen) atoms. The Morgan fingerprint density at radius 1 is 1.00 bits per heavy atom. The van der Waals surface area contributed by atoms with Gasteiger partial charge in [0.15, 0.2) is 5.82 Å². The minimum Gasteiger partial charge on any atom is -0.267 e. The molecule has 0 atom stereocenters. The molecule has 0 aliphatic rings. The summed E-state index contributed by atoms with van der Waals surface area (Å²) in [5.74, 6) is 0.377. The van der Waals surface area contributed by atoms with E-state index in [4.69, 9.17) is 0 Å². The van der Waals surface area contributed by atoms with Crippen molar-refractivity contribution in [3.8, 4) is 11.4 Å². The molecule has 4 aromatic rings. The fourth-order valence-corrected chi connectivity index (χ4v) is 3.11. The lowest BCUT2D eigenvalue weighted by Gasteiger charge is -2.11. The van der Waals surface area contributed by atoms with Crippen molar-refractivity contribution in [1.29, 1.82) is 0 Å². The average Bonchev–Trinajstić information content (AvgIpc) is 2.73. The highest BCUT2D eigenvalue weighted by Crippen LogP contribution is 2.23. The molecule has 1 aromatic heterocycles. The number of hydrogen-bond donors (Lipinski definition) is 0. The minimum atomic E-state index is -0.481. The van der Waals surface area contributed by atoms with Gasteiger partial charge >= 0.3 is 0 Å². The highest BCUT2D eigenvalue weighted by molar-refractivity contribution is 5.86. The van der Waals surface area contributed by atoms with E-state index in [1.165, 1.54) is 17.0 Å². The molecule has 0 saturated carbocycles. The van der Waals surface area contributed by atoms with Crippen LogP contribution < -0.4 is 5.56 Å². The molecule has 7 nitrogen and oxygen atoms in total. The Bertz CT molecular complexity index is 1330. The highest BCUT2D eigenvalue weighted by Gasteiger charge is 2.15. The Morgan fingerprint density at radius 3 is 2.48 bits per heavy atom. The lowest BCUT2D eigenvalue weighted by atomic mass is 10.1. The van der Waals surface area contributed by atoms with E-state index < -0.39 is 4.92 Å². The summed E-state index contributed by atoms with van der Waals surface area (Å²) in [5, 5.41) is 16.0.